The Morgan fingerprint density at radius 3 is 2.69 bits per heavy atom. The molecule has 2 heterocycles. The lowest BCUT2D eigenvalue weighted by molar-refractivity contribution is 0.0708. The molecule has 4 nitrogen and oxygen atoms in total. The molecule has 1 aliphatic rings. The molecular formula is C28H29F3N2O2. The monoisotopic (exact) mass is 482 g/mol. The lowest BCUT2D eigenvalue weighted by Crippen LogP contribution is -2.42. The molecule has 1 fully saturated rings. The van der Waals surface area contributed by atoms with Gasteiger partial charge in [0.25, 0.3) is 0 Å². The van der Waals surface area contributed by atoms with Gasteiger partial charge >= 0.3 is 0 Å². The molecule has 1 aromatic heterocycles. The van der Waals surface area contributed by atoms with Crippen molar-refractivity contribution in [2.45, 2.75) is 25.4 Å². The van der Waals surface area contributed by atoms with Gasteiger partial charge in [-0.05, 0) is 79.6 Å². The van der Waals surface area contributed by atoms with Crippen LogP contribution >= 0.6 is 0 Å². The van der Waals surface area contributed by atoms with Crippen molar-refractivity contribution in [2.24, 2.45) is 11.8 Å². The summed E-state index contributed by atoms with van der Waals surface area (Å²) in [5.41, 5.74) is 1.64. The van der Waals surface area contributed by atoms with Crippen molar-refractivity contribution in [3.8, 4) is 17.6 Å². The Labute approximate surface area is 203 Å². The number of fused-ring (bicyclic) bond motifs is 1. The molecule has 1 unspecified atom stereocenters. The van der Waals surface area contributed by atoms with E-state index in [-0.39, 0.29) is 18.4 Å². The minimum absolute atomic E-state index is 0.0239. The maximum absolute atomic E-state index is 15.3. The smallest absolute Gasteiger partial charge is 0.127 e. The minimum Gasteiger partial charge on any atom is -0.497 e. The Bertz CT molecular complexity index is 1200. The standard InChI is InChI=1S/C28H29F3N2O2/c1-35-24-5-7-28-26(16-24)25(8-10-32-28)27(31)6-4-20-9-12-33(17-21(20)18-34)11-2-3-19-13-22(29)15-23(30)14-19/h5,7-8,10,13-16,20-21,27,34H,4,6,9,11-12,17-18H2,1H3/t20-,21-,27?/m1/s1. The molecule has 7 heteroatoms. The van der Waals surface area contributed by atoms with Crippen LogP contribution in [-0.4, -0.2) is 48.3 Å². The van der Waals surface area contributed by atoms with E-state index in [4.69, 9.17) is 4.74 Å². The average Bonchev–Trinajstić information content (AvgIpc) is 2.86. The molecule has 0 amide bonds. The first-order valence-corrected chi connectivity index (χ1v) is 11.8. The van der Waals surface area contributed by atoms with Crippen molar-refractivity contribution >= 4 is 10.9 Å². The average molecular weight is 483 g/mol. The second-order valence-electron chi connectivity index (χ2n) is 9.01. The van der Waals surface area contributed by atoms with E-state index in [0.717, 1.165) is 29.9 Å². The van der Waals surface area contributed by atoms with E-state index in [1.54, 1.807) is 19.4 Å². The van der Waals surface area contributed by atoms with Crippen molar-refractivity contribution in [3.05, 3.63) is 71.4 Å². The van der Waals surface area contributed by atoms with Gasteiger partial charge in [0.05, 0.1) is 19.2 Å². The number of alkyl halides is 1. The van der Waals surface area contributed by atoms with Crippen LogP contribution in [0.4, 0.5) is 13.2 Å². The summed E-state index contributed by atoms with van der Waals surface area (Å²) in [5, 5.41) is 10.7. The number of hydrogen-bond acceptors (Lipinski definition) is 4. The van der Waals surface area contributed by atoms with E-state index < -0.39 is 17.8 Å². The summed E-state index contributed by atoms with van der Waals surface area (Å²) in [6.45, 7) is 1.90. The van der Waals surface area contributed by atoms with Crippen LogP contribution in [0.15, 0.2) is 48.7 Å². The van der Waals surface area contributed by atoms with Crippen LogP contribution in [0.1, 0.15) is 36.6 Å². The minimum atomic E-state index is -1.14. The van der Waals surface area contributed by atoms with Crippen LogP contribution < -0.4 is 4.74 Å². The van der Waals surface area contributed by atoms with Gasteiger partial charge in [-0.3, -0.25) is 9.88 Å². The van der Waals surface area contributed by atoms with Crippen LogP contribution in [0.5, 0.6) is 5.75 Å². The highest BCUT2D eigenvalue weighted by atomic mass is 19.1. The van der Waals surface area contributed by atoms with Gasteiger partial charge in [0.2, 0.25) is 0 Å². The van der Waals surface area contributed by atoms with E-state index in [0.29, 0.717) is 42.8 Å². The largest absolute Gasteiger partial charge is 0.497 e. The van der Waals surface area contributed by atoms with E-state index in [2.05, 4.69) is 21.7 Å². The molecule has 35 heavy (non-hydrogen) atoms. The van der Waals surface area contributed by atoms with Gasteiger partial charge in [-0.25, -0.2) is 13.2 Å². The molecule has 184 valence electrons. The number of likely N-dealkylation sites (tertiary alicyclic amines) is 1. The van der Waals surface area contributed by atoms with E-state index >= 15 is 4.39 Å². The summed E-state index contributed by atoms with van der Waals surface area (Å²) in [6.07, 6.45) is 2.36. The molecule has 1 saturated heterocycles. The van der Waals surface area contributed by atoms with Crippen LogP contribution in [0.25, 0.3) is 10.9 Å². The first-order valence-electron chi connectivity index (χ1n) is 11.8. The molecule has 2 aromatic carbocycles. The van der Waals surface area contributed by atoms with Gasteiger partial charge < -0.3 is 9.84 Å². The number of aliphatic hydroxyl groups is 1. The van der Waals surface area contributed by atoms with Crippen molar-refractivity contribution in [3.63, 3.8) is 0 Å². The van der Waals surface area contributed by atoms with Crippen LogP contribution in [-0.2, 0) is 0 Å². The summed E-state index contributed by atoms with van der Waals surface area (Å²) in [4.78, 5) is 6.45. The summed E-state index contributed by atoms with van der Waals surface area (Å²) in [7, 11) is 1.58. The highest BCUT2D eigenvalue weighted by molar-refractivity contribution is 5.83. The Kier molecular flexibility index (Phi) is 8.27. The van der Waals surface area contributed by atoms with E-state index in [9.17, 15) is 13.9 Å². The predicted octanol–water partition coefficient (Wildman–Crippen LogP) is 5.29. The number of aromatic nitrogens is 1. The third-order valence-corrected chi connectivity index (χ3v) is 6.72. The van der Waals surface area contributed by atoms with Crippen LogP contribution in [0.2, 0.25) is 0 Å². The predicted molar refractivity (Wildman–Crippen MR) is 130 cm³/mol. The second-order valence-corrected chi connectivity index (χ2v) is 9.01. The summed E-state index contributed by atoms with van der Waals surface area (Å²) in [6, 6.07) is 10.4. The Morgan fingerprint density at radius 2 is 1.94 bits per heavy atom. The maximum Gasteiger partial charge on any atom is 0.127 e. The lowest BCUT2D eigenvalue weighted by Gasteiger charge is -2.37. The van der Waals surface area contributed by atoms with Crippen molar-refractivity contribution < 1.29 is 23.0 Å². The Morgan fingerprint density at radius 1 is 1.14 bits per heavy atom. The number of ether oxygens (including phenoxy) is 1. The third-order valence-electron chi connectivity index (χ3n) is 6.72. The number of halogens is 3. The van der Waals surface area contributed by atoms with Crippen molar-refractivity contribution in [1.29, 1.82) is 0 Å². The number of nitrogens with zero attached hydrogens (tertiary/aromatic N) is 2. The number of benzene rings is 2. The highest BCUT2D eigenvalue weighted by Crippen LogP contribution is 2.35. The molecule has 3 atom stereocenters. The third kappa shape index (κ3) is 6.33. The zero-order valence-corrected chi connectivity index (χ0v) is 19.7. The van der Waals surface area contributed by atoms with Gasteiger partial charge in [-0.1, -0.05) is 11.8 Å². The van der Waals surface area contributed by atoms with E-state index in [1.807, 2.05) is 18.2 Å². The molecule has 4 rings (SSSR count). The second kappa shape index (κ2) is 11.6. The molecule has 0 radical (unpaired) electrons. The van der Waals surface area contributed by atoms with Crippen molar-refractivity contribution in [2.75, 3.05) is 33.4 Å². The molecule has 1 aliphatic heterocycles. The number of aliphatic hydroxyl groups excluding tert-OH is 1. The number of methoxy groups -OCH3 is 1. The number of rotatable bonds is 7. The van der Waals surface area contributed by atoms with Gasteiger partial charge in [0, 0.05) is 36.4 Å². The SMILES string of the molecule is COc1ccc2nccc(C(F)CC[C@@H]3CCN(CC#Cc4cc(F)cc(F)c4)C[C@@H]3CO)c2c1. The molecule has 0 spiro atoms. The van der Waals surface area contributed by atoms with Crippen molar-refractivity contribution in [1.82, 2.24) is 9.88 Å². The van der Waals surface area contributed by atoms with Gasteiger partial charge in [-0.15, -0.1) is 0 Å². The number of piperidine rings is 1. The fraction of sp³-hybridized carbons (Fsp3) is 0.393. The molecule has 0 saturated carbocycles. The molecule has 1 N–H and O–H groups in total. The topological polar surface area (TPSA) is 45.6 Å². The summed E-state index contributed by atoms with van der Waals surface area (Å²) < 4.78 is 47.3. The first-order chi connectivity index (χ1) is 17.0. The van der Waals surface area contributed by atoms with Gasteiger partial charge in [0.15, 0.2) is 0 Å². The number of pyridine rings is 1. The van der Waals surface area contributed by atoms with E-state index in [1.165, 1.54) is 12.1 Å². The fourth-order valence-electron chi connectivity index (χ4n) is 4.83. The highest BCUT2D eigenvalue weighted by Gasteiger charge is 2.29. The fourth-order valence-corrected chi connectivity index (χ4v) is 4.83. The molecule has 0 aliphatic carbocycles. The van der Waals surface area contributed by atoms with Crippen LogP contribution in [0, 0.1) is 35.3 Å². The number of hydrogen-bond donors (Lipinski definition) is 1. The van der Waals surface area contributed by atoms with Gasteiger partial charge in [-0.2, -0.15) is 0 Å². The summed E-state index contributed by atoms with van der Waals surface area (Å²) >= 11 is 0. The maximum atomic E-state index is 15.3. The van der Waals surface area contributed by atoms with Crippen LogP contribution in [0.3, 0.4) is 0 Å². The normalized spacial score (nSPS) is 19.2. The Hall–Kier alpha value is -3.08. The lowest BCUT2D eigenvalue weighted by atomic mass is 9.81. The summed E-state index contributed by atoms with van der Waals surface area (Å²) in [5.74, 6) is 5.37. The van der Waals surface area contributed by atoms with Gasteiger partial charge in [0.1, 0.15) is 23.6 Å². The quantitative estimate of drug-likeness (QED) is 0.465. The molecular weight excluding hydrogens is 453 g/mol. The zero-order valence-electron chi connectivity index (χ0n) is 19.7. The first kappa shape index (κ1) is 25.0. The Balaban J connectivity index is 1.34. The molecule has 0 bridgehead atoms. The zero-order chi connectivity index (χ0) is 24.8. The molecule has 3 aromatic rings.